The molecular formula is C25H33N5O4. The zero-order valence-electron chi connectivity index (χ0n) is 20.0. The number of nitrogens with zero attached hydrogens (tertiary/aromatic N) is 5. The number of hydrogen-bond acceptors (Lipinski definition) is 8. The molecule has 2 saturated carbocycles. The predicted molar refractivity (Wildman–Crippen MR) is 125 cm³/mol. The Bertz CT molecular complexity index is 1040. The van der Waals surface area contributed by atoms with Crippen LogP contribution in [0.1, 0.15) is 109 Å². The van der Waals surface area contributed by atoms with Crippen LogP contribution in [0, 0.1) is 0 Å². The number of rotatable bonds is 7. The molecule has 9 heteroatoms. The molecule has 0 N–H and O–H groups in total. The Hall–Kier alpha value is -2.81. The molecule has 0 spiro atoms. The van der Waals surface area contributed by atoms with E-state index in [9.17, 15) is 9.59 Å². The third-order valence-corrected chi connectivity index (χ3v) is 7.00. The van der Waals surface area contributed by atoms with E-state index in [-0.39, 0.29) is 36.0 Å². The van der Waals surface area contributed by atoms with Crippen molar-refractivity contribution in [2.45, 2.75) is 83.0 Å². The SMILES string of the molecule is CCOC(=O)c1nc(N2C[C@@H](C)O[C@@H](c3cnn(C4CC4)c3)C2)nc(C2CCCCC2)c1C=O. The standard InChI is InChI=1S/C25H33N5O4/c1-3-33-24(32)23-20(15-31)22(17-7-5-4-6-8-17)27-25(28-23)29-12-16(2)34-21(14-29)18-11-26-30(13-18)19-9-10-19/h11,13,15-17,19,21H,3-10,12,14H2,1-2H3/t16-,21-/m1/s1. The lowest BCUT2D eigenvalue weighted by Crippen LogP contribution is -2.44. The number of esters is 1. The summed E-state index contributed by atoms with van der Waals surface area (Å²) in [6.45, 7) is 5.14. The van der Waals surface area contributed by atoms with Crippen LogP contribution in [-0.2, 0) is 9.47 Å². The van der Waals surface area contributed by atoms with Crippen molar-refractivity contribution >= 4 is 18.2 Å². The van der Waals surface area contributed by atoms with E-state index < -0.39 is 5.97 Å². The first-order valence-corrected chi connectivity index (χ1v) is 12.6. The van der Waals surface area contributed by atoms with E-state index in [4.69, 9.17) is 14.5 Å². The van der Waals surface area contributed by atoms with Crippen LogP contribution in [0.3, 0.4) is 0 Å². The Morgan fingerprint density at radius 1 is 1.18 bits per heavy atom. The van der Waals surface area contributed by atoms with Crippen molar-refractivity contribution in [2.24, 2.45) is 0 Å². The molecule has 182 valence electrons. The van der Waals surface area contributed by atoms with Gasteiger partial charge in [0.2, 0.25) is 5.95 Å². The zero-order chi connectivity index (χ0) is 23.7. The molecule has 0 amide bonds. The molecule has 3 aliphatic rings. The topological polar surface area (TPSA) is 99.4 Å². The summed E-state index contributed by atoms with van der Waals surface area (Å²) < 4.78 is 13.5. The second kappa shape index (κ2) is 9.82. The number of aromatic nitrogens is 4. The van der Waals surface area contributed by atoms with Crippen LogP contribution in [0.15, 0.2) is 12.4 Å². The summed E-state index contributed by atoms with van der Waals surface area (Å²) in [5, 5.41) is 4.52. The minimum Gasteiger partial charge on any atom is -0.461 e. The molecule has 34 heavy (non-hydrogen) atoms. The quantitative estimate of drug-likeness (QED) is 0.445. The second-order valence-electron chi connectivity index (χ2n) is 9.67. The monoisotopic (exact) mass is 467 g/mol. The van der Waals surface area contributed by atoms with Crippen LogP contribution >= 0.6 is 0 Å². The van der Waals surface area contributed by atoms with E-state index in [2.05, 4.69) is 21.2 Å². The average Bonchev–Trinajstić information content (AvgIpc) is 3.59. The highest BCUT2D eigenvalue weighted by atomic mass is 16.5. The number of hydrogen-bond donors (Lipinski definition) is 0. The van der Waals surface area contributed by atoms with Gasteiger partial charge in [-0.3, -0.25) is 9.48 Å². The summed E-state index contributed by atoms with van der Waals surface area (Å²) in [6, 6.07) is 0.510. The van der Waals surface area contributed by atoms with Gasteiger partial charge in [0.25, 0.3) is 0 Å². The van der Waals surface area contributed by atoms with E-state index in [0.29, 0.717) is 30.8 Å². The molecule has 2 aromatic heterocycles. The van der Waals surface area contributed by atoms with Gasteiger partial charge in [-0.2, -0.15) is 5.10 Å². The Morgan fingerprint density at radius 3 is 2.68 bits per heavy atom. The molecule has 3 fully saturated rings. The second-order valence-corrected chi connectivity index (χ2v) is 9.67. The molecule has 0 bridgehead atoms. The summed E-state index contributed by atoms with van der Waals surface area (Å²) in [7, 11) is 0. The van der Waals surface area contributed by atoms with Crippen LogP contribution in [0.4, 0.5) is 5.95 Å². The molecule has 3 heterocycles. The summed E-state index contributed by atoms with van der Waals surface area (Å²) >= 11 is 0. The molecule has 0 radical (unpaired) electrons. The zero-order valence-corrected chi connectivity index (χ0v) is 20.0. The van der Waals surface area contributed by atoms with Crippen molar-refractivity contribution in [3.8, 4) is 0 Å². The highest BCUT2D eigenvalue weighted by Gasteiger charge is 2.33. The highest BCUT2D eigenvalue weighted by molar-refractivity contribution is 5.97. The first kappa shape index (κ1) is 23.0. The fourth-order valence-corrected chi connectivity index (χ4v) is 5.13. The van der Waals surface area contributed by atoms with E-state index in [1.807, 2.05) is 17.8 Å². The van der Waals surface area contributed by atoms with Gasteiger partial charge in [0.1, 0.15) is 6.10 Å². The van der Waals surface area contributed by atoms with E-state index >= 15 is 0 Å². The summed E-state index contributed by atoms with van der Waals surface area (Å²) in [5.41, 5.74) is 2.06. The normalized spacial score (nSPS) is 23.6. The number of aldehydes is 1. The maximum Gasteiger partial charge on any atom is 0.357 e. The van der Waals surface area contributed by atoms with Crippen molar-refractivity contribution in [3.63, 3.8) is 0 Å². The number of anilines is 1. The van der Waals surface area contributed by atoms with Gasteiger partial charge in [0, 0.05) is 24.2 Å². The van der Waals surface area contributed by atoms with E-state index in [1.54, 1.807) is 6.92 Å². The Labute approximate surface area is 199 Å². The van der Waals surface area contributed by atoms with Crippen LogP contribution in [-0.4, -0.2) is 57.8 Å². The van der Waals surface area contributed by atoms with Gasteiger partial charge in [0.05, 0.1) is 42.8 Å². The maximum absolute atomic E-state index is 12.8. The summed E-state index contributed by atoms with van der Waals surface area (Å²) in [5.74, 6) is 0.0350. The van der Waals surface area contributed by atoms with Crippen molar-refractivity contribution in [1.29, 1.82) is 0 Å². The molecule has 0 unspecified atom stereocenters. The van der Waals surface area contributed by atoms with Gasteiger partial charge < -0.3 is 14.4 Å². The molecule has 2 aromatic rings. The lowest BCUT2D eigenvalue weighted by Gasteiger charge is -2.37. The van der Waals surface area contributed by atoms with E-state index in [1.165, 1.54) is 19.3 Å². The fourth-order valence-electron chi connectivity index (χ4n) is 5.13. The van der Waals surface area contributed by atoms with Gasteiger partial charge in [-0.1, -0.05) is 19.3 Å². The molecule has 2 atom stereocenters. The first-order chi connectivity index (χ1) is 16.6. The van der Waals surface area contributed by atoms with Crippen molar-refractivity contribution in [1.82, 2.24) is 19.7 Å². The molecular weight excluding hydrogens is 434 g/mol. The van der Waals surface area contributed by atoms with Crippen molar-refractivity contribution in [3.05, 3.63) is 34.9 Å². The summed E-state index contributed by atoms with van der Waals surface area (Å²) in [6.07, 6.45) is 12.1. The third-order valence-electron chi connectivity index (χ3n) is 7.00. The van der Waals surface area contributed by atoms with E-state index in [0.717, 1.165) is 37.5 Å². The summed E-state index contributed by atoms with van der Waals surface area (Å²) in [4.78, 5) is 36.4. The molecule has 1 saturated heterocycles. The predicted octanol–water partition coefficient (Wildman–Crippen LogP) is 4.01. The maximum atomic E-state index is 12.8. The van der Waals surface area contributed by atoms with Crippen LogP contribution in [0.5, 0.6) is 0 Å². The lowest BCUT2D eigenvalue weighted by molar-refractivity contribution is -0.0179. The molecule has 2 aliphatic carbocycles. The van der Waals surface area contributed by atoms with Crippen LogP contribution in [0.25, 0.3) is 0 Å². The Balaban J connectivity index is 1.49. The van der Waals surface area contributed by atoms with Gasteiger partial charge in [-0.25, -0.2) is 14.8 Å². The minimum absolute atomic E-state index is 0.0541. The minimum atomic E-state index is -0.575. The first-order valence-electron chi connectivity index (χ1n) is 12.6. The fraction of sp³-hybridized carbons (Fsp3) is 0.640. The van der Waals surface area contributed by atoms with Gasteiger partial charge in [-0.05, 0) is 39.5 Å². The molecule has 0 aromatic carbocycles. The van der Waals surface area contributed by atoms with Gasteiger partial charge >= 0.3 is 5.97 Å². The number of ether oxygens (including phenoxy) is 2. The molecule has 5 rings (SSSR count). The molecule has 1 aliphatic heterocycles. The largest absolute Gasteiger partial charge is 0.461 e. The Morgan fingerprint density at radius 2 is 1.97 bits per heavy atom. The lowest BCUT2D eigenvalue weighted by atomic mass is 9.85. The number of carbonyl (C=O) groups is 2. The number of morpholine rings is 1. The van der Waals surface area contributed by atoms with Crippen LogP contribution < -0.4 is 4.90 Å². The smallest absolute Gasteiger partial charge is 0.357 e. The number of carbonyl (C=O) groups excluding carboxylic acids is 2. The van der Waals surface area contributed by atoms with Crippen LogP contribution in [0.2, 0.25) is 0 Å². The average molecular weight is 468 g/mol. The van der Waals surface area contributed by atoms with Crippen molar-refractivity contribution < 1.29 is 19.1 Å². The molecule has 9 nitrogen and oxygen atoms in total. The highest BCUT2D eigenvalue weighted by Crippen LogP contribution is 2.37. The third kappa shape index (κ3) is 4.71. The van der Waals surface area contributed by atoms with Gasteiger partial charge in [0.15, 0.2) is 12.0 Å². The Kier molecular flexibility index (Phi) is 6.63. The van der Waals surface area contributed by atoms with Crippen molar-refractivity contribution in [2.75, 3.05) is 24.6 Å². The van der Waals surface area contributed by atoms with Gasteiger partial charge in [-0.15, -0.1) is 0 Å².